The van der Waals surface area contributed by atoms with Crippen molar-refractivity contribution in [1.82, 2.24) is 0 Å². The van der Waals surface area contributed by atoms with Gasteiger partial charge in [0.2, 0.25) is 0 Å². The second-order valence-corrected chi connectivity index (χ2v) is 5.12. The van der Waals surface area contributed by atoms with Gasteiger partial charge in [0.05, 0.1) is 7.11 Å². The molecule has 0 fully saturated rings. The highest BCUT2D eigenvalue weighted by Gasteiger charge is 2.01. The van der Waals surface area contributed by atoms with Crippen molar-refractivity contribution in [2.24, 2.45) is 5.73 Å². The van der Waals surface area contributed by atoms with Crippen LogP contribution in [0.15, 0.2) is 42.0 Å². The van der Waals surface area contributed by atoms with E-state index in [4.69, 9.17) is 5.73 Å². The Kier molecular flexibility index (Phi) is 6.19. The highest BCUT2D eigenvalue weighted by Crippen LogP contribution is 2.17. The van der Waals surface area contributed by atoms with Gasteiger partial charge in [-0.3, -0.25) is 0 Å². The van der Waals surface area contributed by atoms with Crippen molar-refractivity contribution in [1.29, 1.82) is 0 Å². The number of nitrogens with two attached hydrogens (primary N) is 1. The summed E-state index contributed by atoms with van der Waals surface area (Å²) in [6, 6.07) is 8.51. The van der Waals surface area contributed by atoms with Gasteiger partial charge in [0.25, 0.3) is 0 Å². The Hall–Kier alpha value is -1.87. The van der Waals surface area contributed by atoms with Crippen LogP contribution in [-0.2, 0) is 16.0 Å². The number of rotatable bonds is 5. The summed E-state index contributed by atoms with van der Waals surface area (Å²) in [5.41, 5.74) is 10.1. The van der Waals surface area contributed by atoms with Crippen LogP contribution >= 0.6 is 0 Å². The van der Waals surface area contributed by atoms with Crippen LogP contribution in [0.25, 0.3) is 5.57 Å². The summed E-state index contributed by atoms with van der Waals surface area (Å²) in [4.78, 5) is 11.1. The fourth-order valence-corrected chi connectivity index (χ4v) is 1.99. The predicted octanol–water partition coefficient (Wildman–Crippen LogP) is 3.10. The maximum absolute atomic E-state index is 11.1. The van der Waals surface area contributed by atoms with Gasteiger partial charge in [-0.05, 0) is 49.5 Å². The number of benzene rings is 1. The highest BCUT2D eigenvalue weighted by molar-refractivity contribution is 5.83. The lowest BCUT2D eigenvalue weighted by atomic mass is 10.0. The molecule has 0 aliphatic carbocycles. The minimum atomic E-state index is -0.334. The molecule has 0 spiro atoms. The van der Waals surface area contributed by atoms with E-state index >= 15 is 0 Å². The third kappa shape index (κ3) is 5.41. The fourth-order valence-electron chi connectivity index (χ4n) is 1.99. The van der Waals surface area contributed by atoms with Crippen LogP contribution in [0.3, 0.4) is 0 Å². The molecule has 0 radical (unpaired) electrons. The van der Waals surface area contributed by atoms with Gasteiger partial charge < -0.3 is 10.5 Å². The van der Waals surface area contributed by atoms with E-state index in [0.29, 0.717) is 0 Å². The minimum Gasteiger partial charge on any atom is -0.466 e. The lowest BCUT2D eigenvalue weighted by Crippen LogP contribution is -2.17. The number of hydrogen-bond acceptors (Lipinski definition) is 3. The van der Waals surface area contributed by atoms with Crippen molar-refractivity contribution in [3.63, 3.8) is 0 Å². The molecule has 0 amide bonds. The van der Waals surface area contributed by atoms with Crippen LogP contribution in [-0.4, -0.2) is 19.1 Å². The van der Waals surface area contributed by atoms with E-state index in [2.05, 4.69) is 29.0 Å². The zero-order valence-electron chi connectivity index (χ0n) is 12.6. The molecule has 1 atom stereocenters. The summed E-state index contributed by atoms with van der Waals surface area (Å²) in [7, 11) is 1.37. The second kappa shape index (κ2) is 7.65. The van der Waals surface area contributed by atoms with E-state index in [9.17, 15) is 4.79 Å². The van der Waals surface area contributed by atoms with Crippen molar-refractivity contribution in [3.05, 3.63) is 53.1 Å². The SMILES string of the molecule is COC(=O)C=C(C)C=C(C)c1ccc(C[C@@H](C)N)cc1. The quantitative estimate of drug-likeness (QED) is 0.509. The average Bonchev–Trinajstić information content (AvgIpc) is 2.38. The molecule has 0 saturated heterocycles. The predicted molar refractivity (Wildman–Crippen MR) is 83.2 cm³/mol. The third-order valence-electron chi connectivity index (χ3n) is 2.96. The number of methoxy groups -OCH3 is 1. The Labute approximate surface area is 121 Å². The van der Waals surface area contributed by atoms with Crippen LogP contribution in [0.4, 0.5) is 0 Å². The van der Waals surface area contributed by atoms with Gasteiger partial charge in [-0.1, -0.05) is 30.3 Å². The van der Waals surface area contributed by atoms with Crippen molar-refractivity contribution in [3.8, 4) is 0 Å². The number of ether oxygens (including phenoxy) is 1. The summed E-state index contributed by atoms with van der Waals surface area (Å²) in [5, 5.41) is 0. The zero-order valence-corrected chi connectivity index (χ0v) is 12.6. The van der Waals surface area contributed by atoms with E-state index in [-0.39, 0.29) is 12.0 Å². The first kappa shape index (κ1) is 16.2. The van der Waals surface area contributed by atoms with Crippen molar-refractivity contribution < 1.29 is 9.53 Å². The molecule has 108 valence electrons. The van der Waals surface area contributed by atoms with Crippen LogP contribution in [0, 0.1) is 0 Å². The molecule has 0 bridgehead atoms. The molecule has 0 aliphatic rings. The summed E-state index contributed by atoms with van der Waals surface area (Å²) in [6.07, 6.45) is 4.33. The first-order valence-electron chi connectivity index (χ1n) is 6.72. The molecule has 1 rings (SSSR count). The molecule has 1 aromatic carbocycles. The monoisotopic (exact) mass is 273 g/mol. The fraction of sp³-hybridized carbons (Fsp3) is 0.353. The lowest BCUT2D eigenvalue weighted by Gasteiger charge is -2.07. The normalized spacial score (nSPS) is 14.1. The molecule has 0 heterocycles. The molecule has 20 heavy (non-hydrogen) atoms. The van der Waals surface area contributed by atoms with E-state index in [1.54, 1.807) is 0 Å². The standard InChI is InChI=1S/C17H23NO2/c1-12(10-17(19)20-4)9-13(2)16-7-5-15(6-8-16)11-14(3)18/h5-10,14H,11,18H2,1-4H3/t14-/m1/s1. The van der Waals surface area contributed by atoms with Crippen LogP contribution in [0.1, 0.15) is 31.9 Å². The Bertz CT molecular complexity index is 510. The second-order valence-electron chi connectivity index (χ2n) is 5.12. The first-order chi connectivity index (χ1) is 9.42. The molecule has 3 nitrogen and oxygen atoms in total. The summed E-state index contributed by atoms with van der Waals surface area (Å²) in [6.45, 7) is 5.90. The van der Waals surface area contributed by atoms with Gasteiger partial charge in [0.15, 0.2) is 0 Å². The topological polar surface area (TPSA) is 52.3 Å². The third-order valence-corrected chi connectivity index (χ3v) is 2.96. The van der Waals surface area contributed by atoms with Gasteiger partial charge in [0, 0.05) is 12.1 Å². The Morgan fingerprint density at radius 1 is 1.25 bits per heavy atom. The lowest BCUT2D eigenvalue weighted by molar-refractivity contribution is -0.134. The van der Waals surface area contributed by atoms with E-state index < -0.39 is 0 Å². The summed E-state index contributed by atoms with van der Waals surface area (Å²) >= 11 is 0. The zero-order chi connectivity index (χ0) is 15.1. The number of carbonyl (C=O) groups excluding carboxylic acids is 1. The van der Waals surface area contributed by atoms with Gasteiger partial charge in [-0.15, -0.1) is 0 Å². The number of hydrogen-bond donors (Lipinski definition) is 1. The molecule has 0 aliphatic heterocycles. The highest BCUT2D eigenvalue weighted by atomic mass is 16.5. The van der Waals surface area contributed by atoms with E-state index in [1.807, 2.05) is 26.8 Å². The molecule has 0 unspecified atom stereocenters. The Balaban J connectivity index is 2.84. The smallest absolute Gasteiger partial charge is 0.330 e. The minimum absolute atomic E-state index is 0.169. The van der Waals surface area contributed by atoms with Gasteiger partial charge in [-0.2, -0.15) is 0 Å². The average molecular weight is 273 g/mol. The number of esters is 1. The van der Waals surface area contributed by atoms with E-state index in [1.165, 1.54) is 18.7 Å². The molecule has 0 aromatic heterocycles. The Morgan fingerprint density at radius 2 is 1.85 bits per heavy atom. The molecular formula is C17H23NO2. The van der Waals surface area contributed by atoms with Crippen molar-refractivity contribution in [2.45, 2.75) is 33.2 Å². The van der Waals surface area contributed by atoms with Crippen molar-refractivity contribution in [2.75, 3.05) is 7.11 Å². The molecular weight excluding hydrogens is 250 g/mol. The van der Waals surface area contributed by atoms with Gasteiger partial charge in [-0.25, -0.2) is 4.79 Å². The first-order valence-corrected chi connectivity index (χ1v) is 6.72. The maximum Gasteiger partial charge on any atom is 0.330 e. The van der Waals surface area contributed by atoms with Crippen LogP contribution in [0.2, 0.25) is 0 Å². The maximum atomic E-state index is 11.1. The summed E-state index contributed by atoms with van der Waals surface area (Å²) < 4.78 is 4.60. The van der Waals surface area contributed by atoms with Crippen molar-refractivity contribution >= 4 is 11.5 Å². The Morgan fingerprint density at radius 3 is 2.35 bits per heavy atom. The summed E-state index contributed by atoms with van der Waals surface area (Å²) in [5.74, 6) is -0.334. The largest absolute Gasteiger partial charge is 0.466 e. The molecule has 2 N–H and O–H groups in total. The van der Waals surface area contributed by atoms with Gasteiger partial charge >= 0.3 is 5.97 Å². The van der Waals surface area contributed by atoms with E-state index in [0.717, 1.165) is 23.1 Å². The number of carbonyl (C=O) groups is 1. The van der Waals surface area contributed by atoms with Crippen LogP contribution in [0.5, 0.6) is 0 Å². The molecule has 3 heteroatoms. The molecule has 0 saturated carbocycles. The molecule has 1 aromatic rings. The van der Waals surface area contributed by atoms with Crippen LogP contribution < -0.4 is 5.73 Å². The number of allylic oxidation sites excluding steroid dienone is 3. The van der Waals surface area contributed by atoms with Gasteiger partial charge in [0.1, 0.15) is 0 Å².